The first-order valence-corrected chi connectivity index (χ1v) is 18.4. The number of carbonyl (C=O) groups is 6. The van der Waals surface area contributed by atoms with Crippen molar-refractivity contribution < 1.29 is 80.9 Å². The number of rotatable bonds is 20. The summed E-state index contributed by atoms with van der Waals surface area (Å²) in [5, 5.41) is 16.3. The molecule has 25 nitrogen and oxygen atoms in total. The van der Waals surface area contributed by atoms with Crippen molar-refractivity contribution in [3.05, 3.63) is 23.8 Å². The molecule has 328 valence electrons. The van der Waals surface area contributed by atoms with Gasteiger partial charge in [0.05, 0.1) is 51.9 Å². The smallest absolute Gasteiger partial charge is 0.303 e. The molecule has 2 saturated heterocycles. The van der Waals surface area contributed by atoms with Gasteiger partial charge < -0.3 is 63.6 Å². The van der Waals surface area contributed by atoms with Gasteiger partial charge in [-0.05, 0) is 0 Å². The molecule has 2 aromatic rings. The van der Waals surface area contributed by atoms with E-state index in [2.05, 4.69) is 20.6 Å². The fourth-order valence-electron chi connectivity index (χ4n) is 6.14. The Morgan fingerprint density at radius 3 is 1.19 bits per heavy atom. The molecule has 0 amide bonds. The van der Waals surface area contributed by atoms with Crippen molar-refractivity contribution in [2.45, 2.75) is 129 Å². The predicted molar refractivity (Wildman–Crippen MR) is 189 cm³/mol. The number of hydrogen-bond donors (Lipinski definition) is 2. The van der Waals surface area contributed by atoms with Crippen molar-refractivity contribution in [3.63, 3.8) is 0 Å². The van der Waals surface area contributed by atoms with Gasteiger partial charge in [0.2, 0.25) is 0 Å². The third kappa shape index (κ3) is 14.0. The highest BCUT2D eigenvalue weighted by atomic mass is 16.7. The molecule has 0 saturated carbocycles. The number of esters is 6. The second-order valence-electron chi connectivity index (χ2n) is 13.2. The van der Waals surface area contributed by atoms with Crippen LogP contribution in [0.3, 0.4) is 0 Å². The molecule has 4 heterocycles. The summed E-state index contributed by atoms with van der Waals surface area (Å²) in [6.45, 7) is 7.44. The van der Waals surface area contributed by atoms with Gasteiger partial charge in [0.25, 0.3) is 0 Å². The van der Waals surface area contributed by atoms with E-state index in [1.165, 1.54) is 9.36 Å². The largest absolute Gasteiger partial charge is 0.456 e. The van der Waals surface area contributed by atoms with Crippen LogP contribution in [0.5, 0.6) is 0 Å². The van der Waals surface area contributed by atoms with Crippen LogP contribution in [0.25, 0.3) is 0 Å². The number of carbonyl (C=O) groups excluding carboxylic acids is 6. The van der Waals surface area contributed by atoms with Crippen molar-refractivity contribution in [1.29, 1.82) is 0 Å². The van der Waals surface area contributed by atoms with Crippen molar-refractivity contribution in [2.75, 3.05) is 26.3 Å². The maximum Gasteiger partial charge on any atom is 0.303 e. The molecule has 2 aliphatic rings. The summed E-state index contributed by atoms with van der Waals surface area (Å²) in [5.74, 6) is -4.26. The van der Waals surface area contributed by atoms with Crippen molar-refractivity contribution in [3.8, 4) is 0 Å². The molecule has 0 unspecified atom stereocenters. The van der Waals surface area contributed by atoms with E-state index in [1.54, 1.807) is 12.4 Å². The van der Waals surface area contributed by atoms with E-state index >= 15 is 0 Å². The molecule has 2 aliphatic heterocycles. The van der Waals surface area contributed by atoms with Gasteiger partial charge in [0, 0.05) is 54.6 Å². The molecular weight excluding hydrogens is 792 g/mol. The summed E-state index contributed by atoms with van der Waals surface area (Å²) in [7, 11) is 0. The van der Waals surface area contributed by atoms with Crippen LogP contribution >= 0.6 is 0 Å². The average molecular weight is 843 g/mol. The molecule has 0 bridgehead atoms. The van der Waals surface area contributed by atoms with Crippen molar-refractivity contribution >= 4 is 35.8 Å². The van der Waals surface area contributed by atoms with Crippen LogP contribution < -0.4 is 11.5 Å². The van der Waals surface area contributed by atoms with Crippen LogP contribution in [0.4, 0.5) is 0 Å². The minimum Gasteiger partial charge on any atom is -0.456 e. The van der Waals surface area contributed by atoms with Crippen LogP contribution in [0, 0.1) is 0 Å². The van der Waals surface area contributed by atoms with E-state index in [-0.39, 0.29) is 39.5 Å². The summed E-state index contributed by atoms with van der Waals surface area (Å²) in [6, 6.07) is 0. The molecule has 2 aromatic heterocycles. The third-order valence-electron chi connectivity index (χ3n) is 8.35. The van der Waals surface area contributed by atoms with Crippen LogP contribution in [0.1, 0.15) is 52.9 Å². The van der Waals surface area contributed by atoms with E-state index in [9.17, 15) is 28.8 Å². The molecule has 4 rings (SSSR count). The van der Waals surface area contributed by atoms with Crippen molar-refractivity contribution in [2.24, 2.45) is 11.5 Å². The van der Waals surface area contributed by atoms with E-state index in [0.29, 0.717) is 24.5 Å². The lowest BCUT2D eigenvalue weighted by atomic mass is 9.98. The molecule has 4 N–H and O–H groups in total. The van der Waals surface area contributed by atoms with Gasteiger partial charge in [-0.1, -0.05) is 10.4 Å². The van der Waals surface area contributed by atoms with Crippen molar-refractivity contribution in [1.82, 2.24) is 30.0 Å². The second-order valence-corrected chi connectivity index (χ2v) is 13.2. The normalized spacial score (nSPS) is 26.6. The number of hydrogen-bond acceptors (Lipinski definition) is 23. The molecule has 0 spiro atoms. The number of nitrogens with zero attached hydrogens (tertiary/aromatic N) is 6. The molecule has 2 fully saturated rings. The molecule has 0 aromatic carbocycles. The zero-order chi connectivity index (χ0) is 43.2. The summed E-state index contributed by atoms with van der Waals surface area (Å²) >= 11 is 0. The first kappa shape index (κ1) is 46.5. The lowest BCUT2D eigenvalue weighted by Gasteiger charge is -2.43. The van der Waals surface area contributed by atoms with E-state index in [4.69, 9.17) is 63.6 Å². The Labute approximate surface area is 337 Å². The third-order valence-corrected chi connectivity index (χ3v) is 8.35. The van der Waals surface area contributed by atoms with Gasteiger partial charge >= 0.3 is 35.8 Å². The summed E-state index contributed by atoms with van der Waals surface area (Å²) in [5.41, 5.74) is 12.5. The van der Waals surface area contributed by atoms with Gasteiger partial charge in [0.15, 0.2) is 49.2 Å². The van der Waals surface area contributed by atoms with Crippen LogP contribution in [-0.4, -0.2) is 154 Å². The summed E-state index contributed by atoms with van der Waals surface area (Å²) < 4.78 is 64.5. The van der Waals surface area contributed by atoms with E-state index < -0.39 is 97.2 Å². The van der Waals surface area contributed by atoms with Gasteiger partial charge in [0.1, 0.15) is 23.6 Å². The Bertz CT molecular complexity index is 1620. The molecule has 0 radical (unpaired) electrons. The highest BCUT2D eigenvalue weighted by molar-refractivity contribution is 5.69. The minimum absolute atomic E-state index is 0.140. The molecule has 25 heteroatoms. The quantitative estimate of drug-likeness (QED) is 0.0795. The summed E-state index contributed by atoms with van der Waals surface area (Å²) in [4.78, 5) is 71.5. The average Bonchev–Trinajstić information content (AvgIpc) is 3.81. The lowest BCUT2D eigenvalue weighted by molar-refractivity contribution is -0.304. The standard InChI is InChI=1S/C34H50N8O17/c1-17(43)52-27-25(11-35)58-33(31(56-21(5)47)29(27)54-19(3)45)50-15-23-13-41(39-37-23)7-9-49-10-8-42-14-24(38-40-42)16-51-34-32(57-22(6)48)30(55-20(4)46)28(53-18(2)44)26(12-36)59-34/h13-14,25-34H,7-12,15-16,35-36H2,1-6H3/t25-,26-,27-,28-,29+,30+,31+,32+,33-,34-/m1/s1. The Kier molecular flexibility index (Phi) is 17.5. The number of nitrogens with two attached hydrogens (primary N) is 2. The van der Waals surface area contributed by atoms with Crippen LogP contribution in [0.15, 0.2) is 12.4 Å². The Hall–Kier alpha value is -5.18. The maximum absolute atomic E-state index is 12.0. The number of ether oxygens (including phenoxy) is 11. The fraction of sp³-hybridized carbons (Fsp3) is 0.706. The highest BCUT2D eigenvalue weighted by Crippen LogP contribution is 2.31. The molecule has 10 atom stereocenters. The van der Waals surface area contributed by atoms with Gasteiger partial charge in [-0.15, -0.1) is 10.2 Å². The SMILES string of the molecule is CC(=O)O[C@@H]1[C@H](OC(C)=O)[C@H](OCc2cn(CCOCCn3cc(CO[C@@H]4O[C@H](CN)[C@@H](OC(C)=O)[C@H](OC(C)=O)[C@@H]4OC(C)=O)nn3)nn2)O[C@H](CN)[C@H]1OC(C)=O. The van der Waals surface area contributed by atoms with Gasteiger partial charge in [-0.25, -0.2) is 9.36 Å². The van der Waals surface area contributed by atoms with Crippen LogP contribution in [0.2, 0.25) is 0 Å². The Morgan fingerprint density at radius 2 is 0.864 bits per heavy atom. The first-order chi connectivity index (χ1) is 28.1. The van der Waals surface area contributed by atoms with Gasteiger partial charge in [-0.3, -0.25) is 28.8 Å². The minimum atomic E-state index is -1.31. The maximum atomic E-state index is 12.0. The molecule has 59 heavy (non-hydrogen) atoms. The monoisotopic (exact) mass is 842 g/mol. The Morgan fingerprint density at radius 1 is 0.542 bits per heavy atom. The lowest BCUT2D eigenvalue weighted by Crippen LogP contribution is -2.63. The zero-order valence-electron chi connectivity index (χ0n) is 33.4. The highest BCUT2D eigenvalue weighted by Gasteiger charge is 2.53. The first-order valence-electron chi connectivity index (χ1n) is 18.4. The van der Waals surface area contributed by atoms with E-state index in [1.807, 2.05) is 0 Å². The zero-order valence-corrected chi connectivity index (χ0v) is 33.4. The topological polar surface area (TPSA) is 317 Å². The second kappa shape index (κ2) is 22.3. The molecule has 0 aliphatic carbocycles. The Balaban J connectivity index is 1.26. The van der Waals surface area contributed by atoms with Crippen LogP contribution in [-0.2, 0) is 107 Å². The predicted octanol–water partition coefficient (Wildman–Crippen LogP) is -2.42. The fourth-order valence-corrected chi connectivity index (χ4v) is 6.14. The summed E-state index contributed by atoms with van der Waals surface area (Å²) in [6.07, 6.45) is -8.75. The number of aromatic nitrogens is 6. The molecular formula is C34H50N8O17. The van der Waals surface area contributed by atoms with E-state index in [0.717, 1.165) is 41.5 Å². The van der Waals surface area contributed by atoms with Gasteiger partial charge in [-0.2, -0.15) is 0 Å².